The van der Waals surface area contributed by atoms with Gasteiger partial charge in [-0.05, 0) is 19.1 Å². The molecular formula is C18H16ClF4N3O5. The fourth-order valence-electron chi connectivity index (χ4n) is 2.41. The Labute approximate surface area is 177 Å². The van der Waals surface area contributed by atoms with E-state index in [-0.39, 0.29) is 28.4 Å². The van der Waals surface area contributed by atoms with Crippen LogP contribution in [0.4, 0.5) is 17.6 Å². The van der Waals surface area contributed by atoms with Crippen LogP contribution in [-0.2, 0) is 22.8 Å². The molecule has 0 fully saturated rings. The average Bonchev–Trinajstić information content (AvgIpc) is 2.64. The number of carbonyl (C=O) groups excluding carboxylic acids is 1. The van der Waals surface area contributed by atoms with Crippen LogP contribution in [0.25, 0.3) is 5.69 Å². The Morgan fingerprint density at radius 3 is 2.45 bits per heavy atom. The Kier molecular flexibility index (Phi) is 7.28. The molecule has 0 saturated carbocycles. The van der Waals surface area contributed by atoms with E-state index < -0.39 is 51.2 Å². The van der Waals surface area contributed by atoms with Gasteiger partial charge < -0.3 is 4.74 Å². The van der Waals surface area contributed by atoms with Crippen molar-refractivity contribution in [3.05, 3.63) is 73.4 Å². The second kappa shape index (κ2) is 9.35. The van der Waals surface area contributed by atoms with Gasteiger partial charge in [-0.25, -0.2) is 18.5 Å². The Morgan fingerprint density at radius 2 is 1.87 bits per heavy atom. The van der Waals surface area contributed by atoms with E-state index in [1.54, 1.807) is 6.92 Å². The molecule has 1 aromatic carbocycles. The first-order valence-electron chi connectivity index (χ1n) is 8.44. The number of allylic oxidation sites excluding steroid dienone is 1. The van der Waals surface area contributed by atoms with Crippen molar-refractivity contribution >= 4 is 17.6 Å². The van der Waals surface area contributed by atoms with Crippen molar-refractivity contribution in [2.45, 2.75) is 13.1 Å². The van der Waals surface area contributed by atoms with Gasteiger partial charge in [0.1, 0.15) is 24.7 Å². The van der Waals surface area contributed by atoms with E-state index in [0.29, 0.717) is 11.8 Å². The van der Waals surface area contributed by atoms with Gasteiger partial charge in [0.25, 0.3) is 5.56 Å². The zero-order valence-corrected chi connectivity index (χ0v) is 16.9. The van der Waals surface area contributed by atoms with Crippen LogP contribution in [0.1, 0.15) is 23.0 Å². The summed E-state index contributed by atoms with van der Waals surface area (Å²) in [4.78, 5) is 41.7. The van der Waals surface area contributed by atoms with Gasteiger partial charge >= 0.3 is 17.8 Å². The number of nitrogens with zero attached hydrogens (tertiary/aromatic N) is 2. The number of esters is 1. The van der Waals surface area contributed by atoms with Gasteiger partial charge in [0.15, 0.2) is 0 Å². The van der Waals surface area contributed by atoms with E-state index in [9.17, 15) is 31.9 Å². The topological polar surface area (TPSA) is 91.6 Å². The minimum atomic E-state index is -4.99. The number of alkyl halides is 3. The molecule has 0 saturated heterocycles. The SMILES string of the molecule is C=C(C)NOCCOC(=O)c1cc(-n2c(=O)cc(C(F)(F)F)n(C)c2=O)c(F)cc1Cl. The van der Waals surface area contributed by atoms with Crippen LogP contribution in [0.5, 0.6) is 0 Å². The van der Waals surface area contributed by atoms with Crippen LogP contribution in [0.15, 0.2) is 40.1 Å². The monoisotopic (exact) mass is 465 g/mol. The second-order valence-electron chi connectivity index (χ2n) is 6.19. The molecule has 168 valence electrons. The van der Waals surface area contributed by atoms with Gasteiger partial charge in [0.2, 0.25) is 0 Å². The fraction of sp³-hybridized carbons (Fsp3) is 0.278. The standard InChI is InChI=1S/C18H16ClF4N3O5/c1-9(2)24-31-5-4-30-16(28)10-6-13(12(20)7-11(10)19)26-15(27)8-14(18(21,22)23)25(3)17(26)29/h6-8,24H,1,4-5H2,2-3H3. The summed E-state index contributed by atoms with van der Waals surface area (Å²) in [6, 6.07) is 1.51. The lowest BCUT2D eigenvalue weighted by Crippen LogP contribution is -2.41. The predicted octanol–water partition coefficient (Wildman–Crippen LogP) is 2.56. The molecule has 1 heterocycles. The van der Waals surface area contributed by atoms with Crippen LogP contribution in [0, 0.1) is 5.82 Å². The maximum absolute atomic E-state index is 14.4. The first-order chi connectivity index (χ1) is 14.3. The molecule has 0 unspecified atom stereocenters. The van der Waals surface area contributed by atoms with Crippen molar-refractivity contribution < 1.29 is 31.9 Å². The van der Waals surface area contributed by atoms with Crippen LogP contribution in [-0.4, -0.2) is 28.3 Å². The van der Waals surface area contributed by atoms with Crippen molar-refractivity contribution in [1.82, 2.24) is 14.6 Å². The number of hydroxylamine groups is 1. The first-order valence-corrected chi connectivity index (χ1v) is 8.82. The van der Waals surface area contributed by atoms with E-state index in [0.717, 1.165) is 13.1 Å². The van der Waals surface area contributed by atoms with Gasteiger partial charge in [-0.1, -0.05) is 18.2 Å². The summed E-state index contributed by atoms with van der Waals surface area (Å²) in [6.07, 6.45) is -4.99. The predicted molar refractivity (Wildman–Crippen MR) is 101 cm³/mol. The summed E-state index contributed by atoms with van der Waals surface area (Å²) in [5.74, 6) is -2.25. The third kappa shape index (κ3) is 5.52. The smallest absolute Gasteiger partial charge is 0.431 e. The van der Waals surface area contributed by atoms with E-state index in [2.05, 4.69) is 12.1 Å². The molecule has 13 heteroatoms. The molecule has 0 aliphatic carbocycles. The van der Waals surface area contributed by atoms with Crippen molar-refractivity contribution in [1.29, 1.82) is 0 Å². The van der Waals surface area contributed by atoms with Gasteiger partial charge in [-0.15, -0.1) is 0 Å². The molecule has 0 radical (unpaired) electrons. The first kappa shape index (κ1) is 24.2. The van der Waals surface area contributed by atoms with Crippen LogP contribution in [0.2, 0.25) is 5.02 Å². The molecular weight excluding hydrogens is 450 g/mol. The lowest BCUT2D eigenvalue weighted by atomic mass is 10.2. The van der Waals surface area contributed by atoms with Crippen molar-refractivity contribution in [3.63, 3.8) is 0 Å². The number of rotatable bonds is 7. The number of ether oxygens (including phenoxy) is 1. The quantitative estimate of drug-likeness (QED) is 0.292. The van der Waals surface area contributed by atoms with E-state index in [1.807, 2.05) is 0 Å². The number of halogens is 5. The van der Waals surface area contributed by atoms with Crippen LogP contribution >= 0.6 is 11.6 Å². The average molecular weight is 466 g/mol. The largest absolute Gasteiger partial charge is 0.459 e. The maximum atomic E-state index is 14.4. The molecule has 31 heavy (non-hydrogen) atoms. The highest BCUT2D eigenvalue weighted by molar-refractivity contribution is 6.33. The van der Waals surface area contributed by atoms with Crippen molar-refractivity contribution in [2.24, 2.45) is 7.05 Å². The van der Waals surface area contributed by atoms with Crippen molar-refractivity contribution in [3.8, 4) is 5.69 Å². The summed E-state index contributed by atoms with van der Waals surface area (Å²) in [6.45, 7) is 4.82. The van der Waals surface area contributed by atoms with Crippen LogP contribution in [0.3, 0.4) is 0 Å². The molecule has 2 aromatic rings. The summed E-state index contributed by atoms with van der Waals surface area (Å²) in [5, 5.41) is -0.399. The molecule has 0 spiro atoms. The maximum Gasteiger partial charge on any atom is 0.431 e. The van der Waals surface area contributed by atoms with E-state index in [4.69, 9.17) is 21.2 Å². The molecule has 1 aromatic heterocycles. The van der Waals surface area contributed by atoms with Gasteiger partial charge in [-0.3, -0.25) is 19.7 Å². The van der Waals surface area contributed by atoms with Gasteiger partial charge in [0, 0.05) is 18.8 Å². The highest BCUT2D eigenvalue weighted by atomic mass is 35.5. The summed E-state index contributed by atoms with van der Waals surface area (Å²) < 4.78 is 58.6. The lowest BCUT2D eigenvalue weighted by Gasteiger charge is -2.15. The number of aromatic nitrogens is 2. The summed E-state index contributed by atoms with van der Waals surface area (Å²) in [5.41, 5.74) is -2.70. The summed E-state index contributed by atoms with van der Waals surface area (Å²) >= 11 is 5.85. The molecule has 0 atom stereocenters. The Balaban J connectivity index is 2.43. The third-order valence-corrected chi connectivity index (χ3v) is 4.09. The van der Waals surface area contributed by atoms with Crippen LogP contribution < -0.4 is 16.7 Å². The highest BCUT2D eigenvalue weighted by Gasteiger charge is 2.35. The Bertz CT molecular complexity index is 1140. The lowest BCUT2D eigenvalue weighted by molar-refractivity contribution is -0.144. The number of carbonyl (C=O) groups is 1. The molecule has 0 aliphatic rings. The summed E-state index contributed by atoms with van der Waals surface area (Å²) in [7, 11) is 0.767. The third-order valence-electron chi connectivity index (χ3n) is 3.77. The Hall–Kier alpha value is -3.12. The second-order valence-corrected chi connectivity index (χ2v) is 6.60. The molecule has 0 aliphatic heterocycles. The molecule has 0 bridgehead atoms. The zero-order chi connectivity index (χ0) is 23.5. The fourth-order valence-corrected chi connectivity index (χ4v) is 2.64. The number of benzene rings is 1. The number of hydrogen-bond donors (Lipinski definition) is 1. The molecule has 1 N–H and O–H groups in total. The molecule has 2 rings (SSSR count). The van der Waals surface area contributed by atoms with Gasteiger partial charge in [-0.2, -0.15) is 13.2 Å². The van der Waals surface area contributed by atoms with Gasteiger partial charge in [0.05, 0.1) is 16.3 Å². The minimum Gasteiger partial charge on any atom is -0.459 e. The Morgan fingerprint density at radius 1 is 1.23 bits per heavy atom. The zero-order valence-electron chi connectivity index (χ0n) is 16.2. The molecule has 8 nitrogen and oxygen atoms in total. The van der Waals surface area contributed by atoms with Crippen molar-refractivity contribution in [2.75, 3.05) is 13.2 Å². The van der Waals surface area contributed by atoms with E-state index in [1.165, 1.54) is 0 Å². The number of hydrogen-bond acceptors (Lipinski definition) is 6. The van der Waals surface area contributed by atoms with E-state index >= 15 is 0 Å². The number of nitrogens with one attached hydrogen (secondary N) is 1. The highest BCUT2D eigenvalue weighted by Crippen LogP contribution is 2.27. The normalized spacial score (nSPS) is 11.3. The molecule has 0 amide bonds. The minimum absolute atomic E-state index is 0.0802.